The SMILES string of the molecule is COc1ccc(CN2CCC3NCCCC3C2)cc1Br. The maximum absolute atomic E-state index is 5.29. The second-order valence-electron chi connectivity index (χ2n) is 5.96. The number of piperidine rings is 2. The van der Waals surface area contributed by atoms with Crippen molar-refractivity contribution in [3.63, 3.8) is 0 Å². The summed E-state index contributed by atoms with van der Waals surface area (Å²) in [5.74, 6) is 1.75. The summed E-state index contributed by atoms with van der Waals surface area (Å²) in [6, 6.07) is 7.18. The normalized spacial score (nSPS) is 27.1. The fraction of sp³-hybridized carbons (Fsp3) is 0.625. The van der Waals surface area contributed by atoms with Crippen molar-refractivity contribution < 1.29 is 4.74 Å². The zero-order valence-corrected chi connectivity index (χ0v) is 13.7. The molecule has 2 unspecified atom stereocenters. The Kier molecular flexibility index (Phi) is 4.64. The Morgan fingerprint density at radius 1 is 1.40 bits per heavy atom. The Labute approximate surface area is 129 Å². The Bertz CT molecular complexity index is 466. The lowest BCUT2D eigenvalue weighted by atomic mass is 9.85. The van der Waals surface area contributed by atoms with Gasteiger partial charge in [-0.3, -0.25) is 4.90 Å². The van der Waals surface area contributed by atoms with Crippen LogP contribution in [0.25, 0.3) is 0 Å². The van der Waals surface area contributed by atoms with Gasteiger partial charge in [-0.1, -0.05) is 6.07 Å². The quantitative estimate of drug-likeness (QED) is 0.916. The molecule has 0 aliphatic carbocycles. The summed E-state index contributed by atoms with van der Waals surface area (Å²) in [5.41, 5.74) is 1.36. The monoisotopic (exact) mass is 338 g/mol. The predicted octanol–water partition coefficient (Wildman–Crippen LogP) is 3.03. The number of benzene rings is 1. The standard InChI is InChI=1S/C16H23BrN2O/c1-20-16-5-4-12(9-14(16)17)10-19-8-6-15-13(11-19)3-2-7-18-15/h4-5,9,13,15,18H,2-3,6-8,10-11H2,1H3. The Hall–Kier alpha value is -0.580. The Morgan fingerprint density at radius 2 is 2.30 bits per heavy atom. The van der Waals surface area contributed by atoms with E-state index in [0.717, 1.165) is 28.7 Å². The molecule has 0 amide bonds. The van der Waals surface area contributed by atoms with Gasteiger partial charge in [0.25, 0.3) is 0 Å². The number of hydrogen-bond donors (Lipinski definition) is 1. The molecule has 0 saturated carbocycles. The minimum Gasteiger partial charge on any atom is -0.496 e. The maximum Gasteiger partial charge on any atom is 0.133 e. The lowest BCUT2D eigenvalue weighted by Crippen LogP contribution is -2.51. The molecule has 0 aromatic heterocycles. The van der Waals surface area contributed by atoms with Gasteiger partial charge in [0.05, 0.1) is 11.6 Å². The molecule has 1 aromatic rings. The van der Waals surface area contributed by atoms with Crippen LogP contribution in [0.5, 0.6) is 5.75 Å². The molecular weight excluding hydrogens is 316 g/mol. The van der Waals surface area contributed by atoms with Crippen LogP contribution in [0.3, 0.4) is 0 Å². The first-order valence-electron chi connectivity index (χ1n) is 7.54. The highest BCUT2D eigenvalue weighted by atomic mass is 79.9. The summed E-state index contributed by atoms with van der Waals surface area (Å²) in [7, 11) is 1.71. The van der Waals surface area contributed by atoms with Gasteiger partial charge in [0.2, 0.25) is 0 Å². The molecule has 1 aromatic carbocycles. The molecule has 110 valence electrons. The van der Waals surface area contributed by atoms with Crippen molar-refractivity contribution in [1.82, 2.24) is 10.2 Å². The van der Waals surface area contributed by atoms with Crippen molar-refractivity contribution in [3.8, 4) is 5.75 Å². The highest BCUT2D eigenvalue weighted by molar-refractivity contribution is 9.10. The van der Waals surface area contributed by atoms with Crippen LogP contribution in [-0.4, -0.2) is 37.7 Å². The van der Waals surface area contributed by atoms with E-state index in [1.807, 2.05) is 6.07 Å². The molecule has 2 heterocycles. The van der Waals surface area contributed by atoms with Gasteiger partial charge in [0.1, 0.15) is 5.75 Å². The van der Waals surface area contributed by atoms with Gasteiger partial charge in [-0.25, -0.2) is 0 Å². The number of fused-ring (bicyclic) bond motifs is 1. The molecule has 4 heteroatoms. The van der Waals surface area contributed by atoms with E-state index >= 15 is 0 Å². The van der Waals surface area contributed by atoms with E-state index in [2.05, 4.69) is 38.3 Å². The molecule has 0 spiro atoms. The van der Waals surface area contributed by atoms with Crippen LogP contribution in [0.4, 0.5) is 0 Å². The van der Waals surface area contributed by atoms with E-state index in [1.165, 1.54) is 44.5 Å². The minimum atomic E-state index is 0.766. The highest BCUT2D eigenvalue weighted by Gasteiger charge is 2.30. The summed E-state index contributed by atoms with van der Waals surface area (Å²) in [4.78, 5) is 2.60. The van der Waals surface area contributed by atoms with Gasteiger partial charge in [0.15, 0.2) is 0 Å². The highest BCUT2D eigenvalue weighted by Crippen LogP contribution is 2.28. The lowest BCUT2D eigenvalue weighted by molar-refractivity contribution is 0.109. The van der Waals surface area contributed by atoms with Crippen molar-refractivity contribution in [1.29, 1.82) is 0 Å². The van der Waals surface area contributed by atoms with Gasteiger partial charge in [-0.15, -0.1) is 0 Å². The van der Waals surface area contributed by atoms with Crippen molar-refractivity contribution >= 4 is 15.9 Å². The average Bonchev–Trinajstić information content (AvgIpc) is 2.47. The van der Waals surface area contributed by atoms with E-state index in [9.17, 15) is 0 Å². The molecule has 20 heavy (non-hydrogen) atoms. The van der Waals surface area contributed by atoms with Gasteiger partial charge < -0.3 is 10.1 Å². The van der Waals surface area contributed by atoms with E-state index < -0.39 is 0 Å². The number of hydrogen-bond acceptors (Lipinski definition) is 3. The number of rotatable bonds is 3. The van der Waals surface area contributed by atoms with Crippen LogP contribution >= 0.6 is 15.9 Å². The van der Waals surface area contributed by atoms with Crippen molar-refractivity contribution in [2.75, 3.05) is 26.7 Å². The topological polar surface area (TPSA) is 24.5 Å². The molecule has 2 aliphatic heterocycles. The molecule has 2 saturated heterocycles. The van der Waals surface area contributed by atoms with Crippen molar-refractivity contribution in [2.45, 2.75) is 31.8 Å². The van der Waals surface area contributed by atoms with E-state index in [4.69, 9.17) is 4.74 Å². The number of ether oxygens (including phenoxy) is 1. The summed E-state index contributed by atoms with van der Waals surface area (Å²) in [5, 5.41) is 3.68. The first-order valence-corrected chi connectivity index (χ1v) is 8.33. The fourth-order valence-corrected chi connectivity index (χ4v) is 4.12. The average molecular weight is 339 g/mol. The summed E-state index contributed by atoms with van der Waals surface area (Å²) in [6.45, 7) is 4.71. The van der Waals surface area contributed by atoms with Gasteiger partial charge in [0, 0.05) is 19.1 Å². The minimum absolute atomic E-state index is 0.766. The zero-order chi connectivity index (χ0) is 13.9. The lowest BCUT2D eigenvalue weighted by Gasteiger charge is -2.41. The Morgan fingerprint density at radius 3 is 3.10 bits per heavy atom. The van der Waals surface area contributed by atoms with Crippen LogP contribution in [0.2, 0.25) is 0 Å². The number of nitrogens with zero attached hydrogens (tertiary/aromatic N) is 1. The van der Waals surface area contributed by atoms with Crippen molar-refractivity contribution in [2.24, 2.45) is 5.92 Å². The molecule has 0 bridgehead atoms. The number of methoxy groups -OCH3 is 1. The van der Waals surface area contributed by atoms with Crippen LogP contribution < -0.4 is 10.1 Å². The van der Waals surface area contributed by atoms with Gasteiger partial charge in [-0.2, -0.15) is 0 Å². The summed E-state index contributed by atoms with van der Waals surface area (Å²) < 4.78 is 6.34. The molecule has 0 radical (unpaired) electrons. The molecule has 3 rings (SSSR count). The van der Waals surface area contributed by atoms with Gasteiger partial charge in [-0.05, 0) is 71.9 Å². The summed E-state index contributed by atoms with van der Waals surface area (Å²) >= 11 is 3.57. The zero-order valence-electron chi connectivity index (χ0n) is 12.1. The van der Waals surface area contributed by atoms with E-state index in [-0.39, 0.29) is 0 Å². The van der Waals surface area contributed by atoms with Gasteiger partial charge >= 0.3 is 0 Å². The summed E-state index contributed by atoms with van der Waals surface area (Å²) in [6.07, 6.45) is 4.02. The Balaban J connectivity index is 1.62. The second kappa shape index (κ2) is 6.46. The number of likely N-dealkylation sites (tertiary alicyclic amines) is 1. The molecule has 1 N–H and O–H groups in total. The molecule has 2 atom stereocenters. The van der Waals surface area contributed by atoms with Crippen LogP contribution in [0.15, 0.2) is 22.7 Å². The molecular formula is C16H23BrN2O. The largest absolute Gasteiger partial charge is 0.496 e. The molecule has 2 aliphatic rings. The predicted molar refractivity (Wildman–Crippen MR) is 85.1 cm³/mol. The van der Waals surface area contributed by atoms with Crippen LogP contribution in [0, 0.1) is 5.92 Å². The number of nitrogens with one attached hydrogen (secondary N) is 1. The smallest absolute Gasteiger partial charge is 0.133 e. The van der Waals surface area contributed by atoms with Crippen LogP contribution in [-0.2, 0) is 6.54 Å². The maximum atomic E-state index is 5.29. The second-order valence-corrected chi connectivity index (χ2v) is 6.81. The third kappa shape index (κ3) is 3.18. The number of halogens is 1. The molecule has 3 nitrogen and oxygen atoms in total. The molecule has 2 fully saturated rings. The first-order chi connectivity index (χ1) is 9.76. The third-order valence-electron chi connectivity index (χ3n) is 4.60. The van der Waals surface area contributed by atoms with E-state index in [0.29, 0.717) is 0 Å². The first kappa shape index (κ1) is 14.4. The van der Waals surface area contributed by atoms with Crippen molar-refractivity contribution in [3.05, 3.63) is 28.2 Å². The third-order valence-corrected chi connectivity index (χ3v) is 5.22. The fourth-order valence-electron chi connectivity index (χ4n) is 3.53. The van der Waals surface area contributed by atoms with Crippen LogP contribution in [0.1, 0.15) is 24.8 Å². The van der Waals surface area contributed by atoms with E-state index in [1.54, 1.807) is 7.11 Å².